The summed E-state index contributed by atoms with van der Waals surface area (Å²) >= 11 is 0. The largest absolute Gasteiger partial charge is 0.486 e. The van der Waals surface area contributed by atoms with E-state index < -0.39 is 11.6 Å². The fourth-order valence-corrected chi connectivity index (χ4v) is 1.48. The van der Waals surface area contributed by atoms with Crippen LogP contribution in [0.15, 0.2) is 18.2 Å². The first-order valence-electron chi connectivity index (χ1n) is 4.58. The molecule has 1 aliphatic heterocycles. The second kappa shape index (κ2) is 5.28. The van der Waals surface area contributed by atoms with Crippen molar-refractivity contribution in [3.8, 4) is 5.75 Å². The molecule has 1 aromatic carbocycles. The predicted molar refractivity (Wildman–Crippen MR) is 55.5 cm³/mol. The Balaban J connectivity index is 0.00000112. The molecule has 1 saturated heterocycles. The highest BCUT2D eigenvalue weighted by Gasteiger charge is 2.17. The minimum Gasteiger partial charge on any atom is -0.486 e. The molecule has 0 bridgehead atoms. The molecular weight excluding hydrogens is 224 g/mol. The predicted octanol–water partition coefficient (Wildman–Crippen LogP) is 2.13. The minimum absolute atomic E-state index is 0. The Bertz CT molecular complexity index is 329. The lowest BCUT2D eigenvalue weighted by molar-refractivity contribution is 0.212. The fraction of sp³-hybridized carbons (Fsp3) is 0.400. The summed E-state index contributed by atoms with van der Waals surface area (Å²) < 4.78 is 31.2. The molecule has 1 aromatic rings. The van der Waals surface area contributed by atoms with Crippen molar-refractivity contribution in [2.24, 2.45) is 0 Å². The lowest BCUT2D eigenvalue weighted by atomic mass is 10.3. The van der Waals surface area contributed by atoms with Crippen LogP contribution in [0.4, 0.5) is 8.78 Å². The van der Waals surface area contributed by atoms with Gasteiger partial charge in [-0.3, -0.25) is 0 Å². The molecule has 1 heterocycles. The third kappa shape index (κ3) is 3.04. The molecule has 84 valence electrons. The van der Waals surface area contributed by atoms with E-state index >= 15 is 0 Å². The smallest absolute Gasteiger partial charge is 0.165 e. The van der Waals surface area contributed by atoms with Crippen molar-refractivity contribution in [2.75, 3.05) is 13.1 Å². The number of ether oxygens (including phenoxy) is 1. The summed E-state index contributed by atoms with van der Waals surface area (Å²) in [4.78, 5) is 0. The van der Waals surface area contributed by atoms with E-state index in [0.717, 1.165) is 31.2 Å². The number of rotatable bonds is 2. The highest BCUT2D eigenvalue weighted by atomic mass is 35.5. The maximum atomic E-state index is 13.1. The van der Waals surface area contributed by atoms with Gasteiger partial charge in [-0.25, -0.2) is 8.78 Å². The highest BCUT2D eigenvalue weighted by molar-refractivity contribution is 5.85. The van der Waals surface area contributed by atoms with Crippen LogP contribution in [-0.2, 0) is 0 Å². The van der Waals surface area contributed by atoms with Gasteiger partial charge >= 0.3 is 0 Å². The Hall–Kier alpha value is -0.870. The van der Waals surface area contributed by atoms with Crippen LogP contribution in [0, 0.1) is 11.6 Å². The molecule has 2 nitrogen and oxygen atoms in total. The molecule has 5 heteroatoms. The summed E-state index contributed by atoms with van der Waals surface area (Å²) in [5.74, 6) is -0.996. The summed E-state index contributed by atoms with van der Waals surface area (Å²) in [6.07, 6.45) is 0.780. The maximum Gasteiger partial charge on any atom is 0.165 e. The Morgan fingerprint density at radius 3 is 2.80 bits per heavy atom. The molecule has 0 radical (unpaired) electrons. The summed E-state index contributed by atoms with van der Waals surface area (Å²) in [6.45, 7) is 1.55. The summed E-state index contributed by atoms with van der Waals surface area (Å²) in [7, 11) is 0. The monoisotopic (exact) mass is 235 g/mol. The molecule has 0 saturated carbocycles. The Kier molecular flexibility index (Phi) is 4.29. The molecule has 2 rings (SSSR count). The first-order chi connectivity index (χ1) is 6.75. The van der Waals surface area contributed by atoms with Crippen LogP contribution in [0.1, 0.15) is 6.42 Å². The molecule has 15 heavy (non-hydrogen) atoms. The van der Waals surface area contributed by atoms with Gasteiger partial charge in [-0.15, -0.1) is 12.4 Å². The van der Waals surface area contributed by atoms with E-state index in [1.807, 2.05) is 0 Å². The van der Waals surface area contributed by atoms with Crippen LogP contribution in [-0.4, -0.2) is 19.2 Å². The number of halogens is 3. The van der Waals surface area contributed by atoms with Crippen LogP contribution < -0.4 is 10.1 Å². The number of hydrogen-bond donors (Lipinski definition) is 1. The fourth-order valence-electron chi connectivity index (χ4n) is 1.48. The molecule has 1 fully saturated rings. The molecule has 1 N–H and O–H groups in total. The minimum atomic E-state index is -0.515. The molecule has 0 unspecified atom stereocenters. The third-order valence-electron chi connectivity index (χ3n) is 2.20. The summed E-state index contributed by atoms with van der Waals surface area (Å²) in [6, 6.07) is 3.23. The van der Waals surface area contributed by atoms with E-state index in [-0.39, 0.29) is 24.3 Å². The maximum absolute atomic E-state index is 13.1. The van der Waals surface area contributed by atoms with Crippen molar-refractivity contribution in [3.05, 3.63) is 29.8 Å². The normalized spacial score (nSPS) is 19.7. The number of benzene rings is 1. The van der Waals surface area contributed by atoms with Crippen molar-refractivity contribution >= 4 is 12.4 Å². The Morgan fingerprint density at radius 1 is 1.33 bits per heavy atom. The van der Waals surface area contributed by atoms with E-state index in [1.165, 1.54) is 0 Å². The Labute approximate surface area is 93.0 Å². The van der Waals surface area contributed by atoms with E-state index in [0.29, 0.717) is 6.54 Å². The lowest BCUT2D eigenvalue weighted by Gasteiger charge is -2.12. The molecule has 0 spiro atoms. The van der Waals surface area contributed by atoms with Gasteiger partial charge in [0.1, 0.15) is 11.9 Å². The van der Waals surface area contributed by atoms with Gasteiger partial charge in [0, 0.05) is 12.6 Å². The van der Waals surface area contributed by atoms with Crippen LogP contribution in [0.2, 0.25) is 0 Å². The molecule has 0 aliphatic carbocycles. The number of nitrogens with one attached hydrogen (secondary N) is 1. The third-order valence-corrected chi connectivity index (χ3v) is 2.20. The molecule has 1 atom stereocenters. The van der Waals surface area contributed by atoms with Gasteiger partial charge in [0.05, 0.1) is 0 Å². The van der Waals surface area contributed by atoms with E-state index in [2.05, 4.69) is 5.32 Å². The number of hydrogen-bond acceptors (Lipinski definition) is 2. The van der Waals surface area contributed by atoms with Gasteiger partial charge in [0.25, 0.3) is 0 Å². The van der Waals surface area contributed by atoms with E-state index in [9.17, 15) is 8.78 Å². The summed E-state index contributed by atoms with van der Waals surface area (Å²) in [5.41, 5.74) is 0. The standard InChI is InChI=1S/C10H11F2NO.ClH/c11-7-1-2-9(12)10(5-7)14-8-3-4-13-6-8;/h1-2,5,8,13H,3-4,6H2;1H/t8-;/m1./s1. The zero-order chi connectivity index (χ0) is 9.97. The van der Waals surface area contributed by atoms with Gasteiger partial charge in [-0.2, -0.15) is 0 Å². The van der Waals surface area contributed by atoms with Crippen molar-refractivity contribution in [1.29, 1.82) is 0 Å². The SMILES string of the molecule is Cl.Fc1ccc(F)c(O[C@@H]2CCNC2)c1. The highest BCUT2D eigenvalue weighted by Crippen LogP contribution is 2.20. The zero-order valence-electron chi connectivity index (χ0n) is 8.00. The summed E-state index contributed by atoms with van der Waals surface area (Å²) in [5, 5.41) is 3.09. The second-order valence-corrected chi connectivity index (χ2v) is 3.31. The van der Waals surface area contributed by atoms with E-state index in [4.69, 9.17) is 4.74 Å². The first kappa shape index (κ1) is 12.2. The van der Waals surface area contributed by atoms with E-state index in [1.54, 1.807) is 0 Å². The first-order valence-corrected chi connectivity index (χ1v) is 4.58. The van der Waals surface area contributed by atoms with Crippen LogP contribution in [0.5, 0.6) is 5.75 Å². The second-order valence-electron chi connectivity index (χ2n) is 3.31. The van der Waals surface area contributed by atoms with Gasteiger partial charge in [-0.05, 0) is 25.1 Å². The molecule has 1 aliphatic rings. The van der Waals surface area contributed by atoms with Gasteiger partial charge in [0.15, 0.2) is 11.6 Å². The molecular formula is C10H12ClF2NO. The lowest BCUT2D eigenvalue weighted by Crippen LogP contribution is -2.20. The average molecular weight is 236 g/mol. The average Bonchev–Trinajstić information content (AvgIpc) is 2.64. The van der Waals surface area contributed by atoms with Crippen molar-refractivity contribution in [1.82, 2.24) is 5.32 Å². The van der Waals surface area contributed by atoms with Gasteiger partial charge in [0.2, 0.25) is 0 Å². The van der Waals surface area contributed by atoms with Gasteiger partial charge in [-0.1, -0.05) is 0 Å². The van der Waals surface area contributed by atoms with Gasteiger partial charge < -0.3 is 10.1 Å². The zero-order valence-corrected chi connectivity index (χ0v) is 8.82. The quantitative estimate of drug-likeness (QED) is 0.848. The Morgan fingerprint density at radius 2 is 2.13 bits per heavy atom. The van der Waals surface area contributed by atoms with Crippen molar-refractivity contribution in [3.63, 3.8) is 0 Å². The van der Waals surface area contributed by atoms with Crippen molar-refractivity contribution in [2.45, 2.75) is 12.5 Å². The van der Waals surface area contributed by atoms with Crippen LogP contribution in [0.25, 0.3) is 0 Å². The topological polar surface area (TPSA) is 21.3 Å². The molecule has 0 aromatic heterocycles. The molecule has 0 amide bonds. The van der Waals surface area contributed by atoms with Crippen LogP contribution in [0.3, 0.4) is 0 Å². The van der Waals surface area contributed by atoms with Crippen molar-refractivity contribution < 1.29 is 13.5 Å². The van der Waals surface area contributed by atoms with Crippen LogP contribution >= 0.6 is 12.4 Å².